The summed E-state index contributed by atoms with van der Waals surface area (Å²) < 4.78 is 0. The normalized spacial score (nSPS) is 9.11. The van der Waals surface area contributed by atoms with E-state index in [-0.39, 0.29) is 5.91 Å². The maximum absolute atomic E-state index is 10.4. The standard InChI is InChI=1S/C5H13N3O/c1-2-3-7-4-5(9)8-6/h7H,2-4,6H2,1H3,(H,8,9). The molecule has 9 heavy (non-hydrogen) atoms. The zero-order valence-electron chi connectivity index (χ0n) is 5.61. The predicted octanol–water partition coefficient (Wildman–Crippen LogP) is -1.02. The number of hydrogen-bond donors (Lipinski definition) is 3. The Labute approximate surface area is 54.8 Å². The molecule has 0 atom stereocenters. The van der Waals surface area contributed by atoms with Gasteiger partial charge in [-0.1, -0.05) is 6.92 Å². The second-order valence-corrected chi connectivity index (χ2v) is 1.74. The molecule has 4 heteroatoms. The molecule has 1 amide bonds. The Bertz CT molecular complexity index is 84.3. The second-order valence-electron chi connectivity index (χ2n) is 1.74. The van der Waals surface area contributed by atoms with Gasteiger partial charge in [0.25, 0.3) is 0 Å². The lowest BCUT2D eigenvalue weighted by Gasteiger charge is -1.99. The van der Waals surface area contributed by atoms with Gasteiger partial charge in [0.05, 0.1) is 6.54 Å². The van der Waals surface area contributed by atoms with Crippen LogP contribution >= 0.6 is 0 Å². The summed E-state index contributed by atoms with van der Waals surface area (Å²) in [5.41, 5.74) is 2.02. The molecule has 0 aromatic carbocycles. The Hall–Kier alpha value is -0.610. The van der Waals surface area contributed by atoms with Gasteiger partial charge in [-0.05, 0) is 13.0 Å². The zero-order valence-corrected chi connectivity index (χ0v) is 5.61. The van der Waals surface area contributed by atoms with Crippen molar-refractivity contribution in [2.24, 2.45) is 5.84 Å². The fourth-order valence-corrected chi connectivity index (χ4v) is 0.430. The monoisotopic (exact) mass is 131 g/mol. The van der Waals surface area contributed by atoms with Crippen molar-refractivity contribution in [2.75, 3.05) is 13.1 Å². The van der Waals surface area contributed by atoms with E-state index in [1.807, 2.05) is 12.3 Å². The smallest absolute Gasteiger partial charge is 0.247 e. The molecule has 0 aliphatic carbocycles. The third kappa shape index (κ3) is 5.26. The van der Waals surface area contributed by atoms with Crippen LogP contribution in [0.25, 0.3) is 0 Å². The molecule has 0 saturated heterocycles. The highest BCUT2D eigenvalue weighted by Crippen LogP contribution is 1.67. The van der Waals surface area contributed by atoms with Crippen LogP contribution in [0.5, 0.6) is 0 Å². The molecule has 0 radical (unpaired) electrons. The van der Waals surface area contributed by atoms with Gasteiger partial charge < -0.3 is 5.32 Å². The Morgan fingerprint density at radius 3 is 2.78 bits per heavy atom. The Morgan fingerprint density at radius 2 is 2.33 bits per heavy atom. The minimum absolute atomic E-state index is 0.177. The van der Waals surface area contributed by atoms with Gasteiger partial charge in [0, 0.05) is 0 Å². The van der Waals surface area contributed by atoms with Crippen molar-refractivity contribution in [3.8, 4) is 0 Å². The summed E-state index contributed by atoms with van der Waals surface area (Å²) >= 11 is 0. The van der Waals surface area contributed by atoms with Gasteiger partial charge in [-0.3, -0.25) is 10.2 Å². The third-order valence-electron chi connectivity index (χ3n) is 0.873. The van der Waals surface area contributed by atoms with Crippen LogP contribution in [0.4, 0.5) is 0 Å². The van der Waals surface area contributed by atoms with Crippen LogP contribution in [0, 0.1) is 0 Å². The molecule has 0 aromatic rings. The van der Waals surface area contributed by atoms with Crippen LogP contribution in [0.3, 0.4) is 0 Å². The summed E-state index contributed by atoms with van der Waals surface area (Å²) in [7, 11) is 0. The molecule has 0 bridgehead atoms. The lowest BCUT2D eigenvalue weighted by molar-refractivity contribution is -0.120. The Kier molecular flexibility index (Phi) is 5.15. The molecule has 0 unspecified atom stereocenters. The van der Waals surface area contributed by atoms with E-state index >= 15 is 0 Å². The number of nitrogens with one attached hydrogen (secondary N) is 2. The number of nitrogens with two attached hydrogens (primary N) is 1. The fraction of sp³-hybridized carbons (Fsp3) is 0.800. The molecule has 0 rings (SSSR count). The average molecular weight is 131 g/mol. The fourth-order valence-electron chi connectivity index (χ4n) is 0.430. The number of carbonyl (C=O) groups excluding carboxylic acids is 1. The SMILES string of the molecule is CCCNCC(=O)NN. The Morgan fingerprint density at radius 1 is 1.67 bits per heavy atom. The highest BCUT2D eigenvalue weighted by atomic mass is 16.2. The Balaban J connectivity index is 2.97. The van der Waals surface area contributed by atoms with Crippen molar-refractivity contribution in [1.29, 1.82) is 0 Å². The molecule has 0 heterocycles. The lowest BCUT2D eigenvalue weighted by Crippen LogP contribution is -2.38. The van der Waals surface area contributed by atoms with Crippen LogP contribution in [0.1, 0.15) is 13.3 Å². The summed E-state index contributed by atoms with van der Waals surface area (Å²) in [5, 5.41) is 2.89. The van der Waals surface area contributed by atoms with E-state index in [1.54, 1.807) is 0 Å². The minimum Gasteiger partial charge on any atom is -0.308 e. The quantitative estimate of drug-likeness (QED) is 0.198. The van der Waals surface area contributed by atoms with Gasteiger partial charge in [-0.25, -0.2) is 5.84 Å². The molecule has 0 fully saturated rings. The number of hydrazine groups is 1. The molecular formula is C5H13N3O. The number of hydrogen-bond acceptors (Lipinski definition) is 3. The van der Waals surface area contributed by atoms with Crippen molar-refractivity contribution in [3.05, 3.63) is 0 Å². The molecule has 0 aromatic heterocycles. The summed E-state index contributed by atoms with van der Waals surface area (Å²) in [5.74, 6) is 4.64. The van der Waals surface area contributed by atoms with E-state index in [9.17, 15) is 4.79 Å². The van der Waals surface area contributed by atoms with Crippen molar-refractivity contribution in [1.82, 2.24) is 10.7 Å². The third-order valence-corrected chi connectivity index (χ3v) is 0.873. The van der Waals surface area contributed by atoms with Crippen LogP contribution in [-0.4, -0.2) is 19.0 Å². The first kappa shape index (κ1) is 8.39. The second kappa shape index (κ2) is 5.53. The number of amides is 1. The zero-order chi connectivity index (χ0) is 7.11. The molecular weight excluding hydrogens is 118 g/mol. The summed E-state index contributed by atoms with van der Waals surface area (Å²) in [6, 6.07) is 0. The van der Waals surface area contributed by atoms with Gasteiger partial charge >= 0.3 is 0 Å². The maximum Gasteiger partial charge on any atom is 0.247 e. The number of rotatable bonds is 4. The van der Waals surface area contributed by atoms with Gasteiger partial charge in [0.2, 0.25) is 5.91 Å². The van der Waals surface area contributed by atoms with Crippen LogP contribution < -0.4 is 16.6 Å². The van der Waals surface area contributed by atoms with Crippen molar-refractivity contribution >= 4 is 5.91 Å². The first-order chi connectivity index (χ1) is 4.31. The predicted molar refractivity (Wildman–Crippen MR) is 35.5 cm³/mol. The first-order valence-corrected chi connectivity index (χ1v) is 3.01. The van der Waals surface area contributed by atoms with Crippen LogP contribution in [0.2, 0.25) is 0 Å². The van der Waals surface area contributed by atoms with Crippen molar-refractivity contribution in [3.63, 3.8) is 0 Å². The highest BCUT2D eigenvalue weighted by molar-refractivity contribution is 5.77. The molecule has 4 N–H and O–H groups in total. The lowest BCUT2D eigenvalue weighted by atomic mass is 10.5. The van der Waals surface area contributed by atoms with Gasteiger partial charge in [0.15, 0.2) is 0 Å². The molecule has 0 spiro atoms. The number of carbonyl (C=O) groups is 1. The molecule has 0 aliphatic rings. The van der Waals surface area contributed by atoms with Gasteiger partial charge in [-0.2, -0.15) is 0 Å². The molecule has 0 saturated carbocycles. The summed E-state index contributed by atoms with van der Waals surface area (Å²) in [6.07, 6.45) is 1.03. The van der Waals surface area contributed by atoms with Gasteiger partial charge in [0.1, 0.15) is 0 Å². The van der Waals surface area contributed by atoms with E-state index in [4.69, 9.17) is 5.84 Å². The molecule has 54 valence electrons. The van der Waals surface area contributed by atoms with E-state index in [1.165, 1.54) is 0 Å². The topological polar surface area (TPSA) is 67.2 Å². The van der Waals surface area contributed by atoms with E-state index in [2.05, 4.69) is 5.32 Å². The van der Waals surface area contributed by atoms with Crippen molar-refractivity contribution < 1.29 is 4.79 Å². The maximum atomic E-state index is 10.4. The van der Waals surface area contributed by atoms with Crippen molar-refractivity contribution in [2.45, 2.75) is 13.3 Å². The van der Waals surface area contributed by atoms with E-state index in [0.717, 1.165) is 13.0 Å². The summed E-state index contributed by atoms with van der Waals surface area (Å²) in [6.45, 7) is 3.20. The van der Waals surface area contributed by atoms with E-state index < -0.39 is 0 Å². The minimum atomic E-state index is -0.177. The first-order valence-electron chi connectivity index (χ1n) is 3.01. The highest BCUT2D eigenvalue weighted by Gasteiger charge is 1.93. The largest absolute Gasteiger partial charge is 0.308 e. The molecule has 4 nitrogen and oxygen atoms in total. The van der Waals surface area contributed by atoms with Crippen LogP contribution in [-0.2, 0) is 4.79 Å². The molecule has 0 aliphatic heterocycles. The average Bonchev–Trinajstić information content (AvgIpc) is 1.89. The van der Waals surface area contributed by atoms with E-state index in [0.29, 0.717) is 6.54 Å². The summed E-state index contributed by atoms with van der Waals surface area (Å²) in [4.78, 5) is 10.4. The van der Waals surface area contributed by atoms with Crippen LogP contribution in [0.15, 0.2) is 0 Å². The van der Waals surface area contributed by atoms with Gasteiger partial charge in [-0.15, -0.1) is 0 Å².